The summed E-state index contributed by atoms with van der Waals surface area (Å²) in [6.07, 6.45) is 5.12. The van der Waals surface area contributed by atoms with Crippen LogP contribution >= 0.6 is 0 Å². The van der Waals surface area contributed by atoms with Crippen LogP contribution in [0.15, 0.2) is 6.20 Å². The summed E-state index contributed by atoms with van der Waals surface area (Å²) in [5.74, 6) is 0.707. The number of hydrogen-bond acceptors (Lipinski definition) is 2. The summed E-state index contributed by atoms with van der Waals surface area (Å²) < 4.78 is 0. The van der Waals surface area contributed by atoms with Crippen molar-refractivity contribution >= 4 is 0 Å². The Morgan fingerprint density at radius 3 is 3.09 bits per heavy atom. The van der Waals surface area contributed by atoms with Gasteiger partial charge in [0.15, 0.2) is 0 Å². The second-order valence-electron chi connectivity index (χ2n) is 3.06. The molecule has 0 radical (unpaired) electrons. The Balaban J connectivity index is 2.16. The molecule has 0 spiro atoms. The maximum absolute atomic E-state index is 8.72. The Morgan fingerprint density at radius 2 is 2.45 bits per heavy atom. The molecule has 0 amide bonds. The molecule has 1 heterocycles. The van der Waals surface area contributed by atoms with E-state index in [0.717, 1.165) is 6.42 Å². The van der Waals surface area contributed by atoms with E-state index in [2.05, 4.69) is 10.2 Å². The summed E-state index contributed by atoms with van der Waals surface area (Å²) in [6.45, 7) is 0.221. The number of aliphatic hydroxyl groups excluding tert-OH is 1. The number of H-pyrrole nitrogens is 1. The van der Waals surface area contributed by atoms with E-state index in [0.29, 0.717) is 5.92 Å². The van der Waals surface area contributed by atoms with E-state index in [1.54, 1.807) is 0 Å². The molecule has 1 aromatic heterocycles. The lowest BCUT2D eigenvalue weighted by Crippen LogP contribution is -1.93. The average molecular weight is 152 g/mol. The van der Waals surface area contributed by atoms with Crippen molar-refractivity contribution < 1.29 is 5.11 Å². The van der Waals surface area contributed by atoms with Gasteiger partial charge < -0.3 is 5.11 Å². The molecule has 0 unspecified atom stereocenters. The zero-order valence-corrected chi connectivity index (χ0v) is 6.38. The van der Waals surface area contributed by atoms with E-state index in [-0.39, 0.29) is 6.61 Å². The molecule has 3 nitrogen and oxygen atoms in total. The van der Waals surface area contributed by atoms with Crippen LogP contribution in [0.2, 0.25) is 0 Å². The van der Waals surface area contributed by atoms with Gasteiger partial charge in [0.2, 0.25) is 0 Å². The number of nitrogens with one attached hydrogen (secondary N) is 1. The van der Waals surface area contributed by atoms with Crippen LogP contribution in [0.3, 0.4) is 0 Å². The van der Waals surface area contributed by atoms with Gasteiger partial charge >= 0.3 is 0 Å². The molecule has 60 valence electrons. The van der Waals surface area contributed by atoms with Crippen LogP contribution in [0, 0.1) is 0 Å². The lowest BCUT2D eigenvalue weighted by molar-refractivity contribution is 0.299. The first kappa shape index (κ1) is 6.85. The zero-order valence-electron chi connectivity index (χ0n) is 6.38. The molecule has 0 bridgehead atoms. The van der Waals surface area contributed by atoms with Gasteiger partial charge in [-0.1, -0.05) is 0 Å². The van der Waals surface area contributed by atoms with Crippen LogP contribution in [-0.2, 0) is 6.42 Å². The molecule has 2 rings (SSSR count). The highest BCUT2D eigenvalue weighted by Gasteiger charge is 2.27. The zero-order chi connectivity index (χ0) is 7.68. The summed E-state index contributed by atoms with van der Waals surface area (Å²) in [6, 6.07) is 0. The summed E-state index contributed by atoms with van der Waals surface area (Å²) in [5, 5.41) is 15.7. The second-order valence-corrected chi connectivity index (χ2v) is 3.06. The Hall–Kier alpha value is -0.830. The highest BCUT2D eigenvalue weighted by atomic mass is 16.2. The Morgan fingerprint density at radius 1 is 1.64 bits per heavy atom. The van der Waals surface area contributed by atoms with E-state index in [4.69, 9.17) is 5.11 Å². The third-order valence-corrected chi connectivity index (χ3v) is 2.12. The molecule has 2 N–H and O–H groups in total. The summed E-state index contributed by atoms with van der Waals surface area (Å²) >= 11 is 0. The van der Waals surface area contributed by atoms with Crippen LogP contribution in [0.5, 0.6) is 0 Å². The predicted molar refractivity (Wildman–Crippen MR) is 41.4 cm³/mol. The van der Waals surface area contributed by atoms with Gasteiger partial charge in [-0.3, -0.25) is 5.10 Å². The van der Waals surface area contributed by atoms with Gasteiger partial charge in [0.25, 0.3) is 0 Å². The molecule has 0 atom stereocenters. The average Bonchev–Trinajstić information content (AvgIpc) is 2.75. The fourth-order valence-electron chi connectivity index (χ4n) is 1.37. The maximum atomic E-state index is 8.72. The Bertz CT molecular complexity index is 240. The lowest BCUT2D eigenvalue weighted by Gasteiger charge is -1.96. The minimum absolute atomic E-state index is 0.221. The van der Waals surface area contributed by atoms with Gasteiger partial charge in [-0.05, 0) is 24.8 Å². The number of rotatable bonds is 3. The normalized spacial score (nSPS) is 17.2. The van der Waals surface area contributed by atoms with Gasteiger partial charge in [-0.25, -0.2) is 0 Å². The van der Waals surface area contributed by atoms with Crippen LogP contribution in [0.25, 0.3) is 0 Å². The third-order valence-electron chi connectivity index (χ3n) is 2.12. The first-order valence-electron chi connectivity index (χ1n) is 4.05. The Labute approximate surface area is 65.4 Å². The largest absolute Gasteiger partial charge is 0.396 e. The molecule has 0 aromatic carbocycles. The maximum Gasteiger partial charge on any atom is 0.0523 e. The summed E-state index contributed by atoms with van der Waals surface area (Å²) in [7, 11) is 0. The smallest absolute Gasteiger partial charge is 0.0523 e. The molecule has 0 aliphatic heterocycles. The third kappa shape index (κ3) is 1.28. The van der Waals surface area contributed by atoms with Crippen molar-refractivity contribution in [3.05, 3.63) is 17.5 Å². The van der Waals surface area contributed by atoms with E-state index in [1.165, 1.54) is 24.1 Å². The standard InChI is InChI=1S/C8H12N2O/c11-4-3-7-5-9-10-8(7)6-1-2-6/h5-6,11H,1-4H2,(H,9,10). The van der Waals surface area contributed by atoms with E-state index >= 15 is 0 Å². The topological polar surface area (TPSA) is 48.9 Å². The molecule has 0 saturated heterocycles. The minimum Gasteiger partial charge on any atom is -0.396 e. The molecule has 1 aliphatic rings. The van der Waals surface area contributed by atoms with Crippen LogP contribution in [0.1, 0.15) is 30.0 Å². The second kappa shape index (κ2) is 2.66. The summed E-state index contributed by atoms with van der Waals surface area (Å²) in [5.41, 5.74) is 2.44. The van der Waals surface area contributed by atoms with Crippen molar-refractivity contribution in [1.29, 1.82) is 0 Å². The van der Waals surface area contributed by atoms with E-state index in [1.807, 2.05) is 6.20 Å². The van der Waals surface area contributed by atoms with Gasteiger partial charge in [0.05, 0.1) is 6.20 Å². The monoisotopic (exact) mass is 152 g/mol. The molecule has 1 aliphatic carbocycles. The summed E-state index contributed by atoms with van der Waals surface area (Å²) in [4.78, 5) is 0. The molecule has 1 aromatic rings. The van der Waals surface area contributed by atoms with Gasteiger partial charge in [-0.2, -0.15) is 5.10 Å². The van der Waals surface area contributed by atoms with Crippen LogP contribution < -0.4 is 0 Å². The van der Waals surface area contributed by atoms with Crippen LogP contribution in [-0.4, -0.2) is 21.9 Å². The quantitative estimate of drug-likeness (QED) is 0.673. The van der Waals surface area contributed by atoms with Crippen molar-refractivity contribution in [3.8, 4) is 0 Å². The number of nitrogens with zero attached hydrogens (tertiary/aromatic N) is 1. The van der Waals surface area contributed by atoms with Gasteiger partial charge in [0, 0.05) is 18.2 Å². The van der Waals surface area contributed by atoms with E-state index in [9.17, 15) is 0 Å². The molecular formula is C8H12N2O. The SMILES string of the molecule is OCCc1cn[nH]c1C1CC1. The van der Waals surface area contributed by atoms with Crippen LogP contribution in [0.4, 0.5) is 0 Å². The number of aliphatic hydroxyl groups is 1. The van der Waals surface area contributed by atoms with Crippen molar-refractivity contribution in [2.75, 3.05) is 6.61 Å². The highest BCUT2D eigenvalue weighted by Crippen LogP contribution is 2.40. The van der Waals surface area contributed by atoms with Crippen molar-refractivity contribution in [2.45, 2.75) is 25.2 Å². The minimum atomic E-state index is 0.221. The predicted octanol–water partition coefficient (Wildman–Crippen LogP) is 0.822. The first-order chi connectivity index (χ1) is 5.42. The van der Waals surface area contributed by atoms with E-state index < -0.39 is 0 Å². The van der Waals surface area contributed by atoms with Gasteiger partial charge in [-0.15, -0.1) is 0 Å². The lowest BCUT2D eigenvalue weighted by atomic mass is 10.1. The van der Waals surface area contributed by atoms with Crippen molar-refractivity contribution in [2.24, 2.45) is 0 Å². The molecule has 1 fully saturated rings. The number of hydrogen-bond donors (Lipinski definition) is 2. The molecular weight excluding hydrogens is 140 g/mol. The highest BCUT2D eigenvalue weighted by molar-refractivity contribution is 5.24. The molecule has 3 heteroatoms. The fraction of sp³-hybridized carbons (Fsp3) is 0.625. The fourth-order valence-corrected chi connectivity index (χ4v) is 1.37. The molecule has 1 saturated carbocycles. The van der Waals surface area contributed by atoms with Crippen molar-refractivity contribution in [1.82, 2.24) is 10.2 Å². The first-order valence-corrected chi connectivity index (χ1v) is 4.05. The number of aromatic nitrogens is 2. The van der Waals surface area contributed by atoms with Crippen molar-refractivity contribution in [3.63, 3.8) is 0 Å². The molecule has 11 heavy (non-hydrogen) atoms. The number of aromatic amines is 1. The van der Waals surface area contributed by atoms with Gasteiger partial charge in [0.1, 0.15) is 0 Å². The Kier molecular flexibility index (Phi) is 1.66.